The molecule has 0 radical (unpaired) electrons. The van der Waals surface area contributed by atoms with Crippen molar-refractivity contribution >= 4 is 17.9 Å². The molecule has 0 aliphatic rings. The second kappa shape index (κ2) is 8.19. The average molecular weight is 338 g/mol. The molecule has 0 bridgehead atoms. The highest BCUT2D eigenvalue weighted by molar-refractivity contribution is 5.98. The fourth-order valence-electron chi connectivity index (χ4n) is 1.77. The van der Waals surface area contributed by atoms with Gasteiger partial charge in [0.05, 0.1) is 0 Å². The number of amides is 2. The molecule has 4 N–H and O–H groups in total. The number of alkyl halides is 2. The van der Waals surface area contributed by atoms with Crippen LogP contribution in [0.15, 0.2) is 30.3 Å². The smallest absolute Gasteiger partial charge is 0.269 e. The molecule has 0 saturated carbocycles. The molecule has 0 fully saturated rings. The zero-order chi connectivity index (χ0) is 18.3. The number of aliphatic hydroxyl groups is 1. The van der Waals surface area contributed by atoms with E-state index in [9.17, 15) is 23.5 Å². The third-order valence-electron chi connectivity index (χ3n) is 3.22. The van der Waals surface area contributed by atoms with Crippen molar-refractivity contribution in [1.29, 1.82) is 0 Å². The third kappa shape index (κ3) is 4.62. The number of carbonyl (C=O) groups excluding carboxylic acids is 2. The predicted octanol–water partition coefficient (Wildman–Crippen LogP) is 0.953. The zero-order valence-electron chi connectivity index (χ0n) is 12.7. The van der Waals surface area contributed by atoms with Gasteiger partial charge in [-0.15, -0.1) is 6.42 Å². The summed E-state index contributed by atoms with van der Waals surface area (Å²) in [7, 11) is 0. The Labute approximate surface area is 137 Å². The highest BCUT2D eigenvalue weighted by atomic mass is 19.3. The number of terminal acetylenes is 1. The van der Waals surface area contributed by atoms with Gasteiger partial charge in [-0.3, -0.25) is 14.8 Å². The van der Waals surface area contributed by atoms with E-state index >= 15 is 0 Å². The first-order valence-electron chi connectivity index (χ1n) is 6.72. The van der Waals surface area contributed by atoms with E-state index in [0.29, 0.717) is 12.5 Å². The summed E-state index contributed by atoms with van der Waals surface area (Å²) in [4.78, 5) is 23.6. The summed E-state index contributed by atoms with van der Waals surface area (Å²) in [5.74, 6) is 0.0483. The first kappa shape index (κ1) is 19.3. The van der Waals surface area contributed by atoms with Crippen molar-refractivity contribution in [1.82, 2.24) is 10.8 Å². The van der Waals surface area contributed by atoms with Crippen LogP contribution in [0.4, 0.5) is 8.78 Å². The van der Waals surface area contributed by atoms with Crippen molar-refractivity contribution in [2.24, 2.45) is 0 Å². The van der Waals surface area contributed by atoms with Crippen LogP contribution in [0.1, 0.15) is 22.8 Å². The molecule has 6 nitrogen and oxygen atoms in total. The zero-order valence-corrected chi connectivity index (χ0v) is 12.7. The topological polar surface area (TPSA) is 98.7 Å². The molecule has 2 atom stereocenters. The van der Waals surface area contributed by atoms with E-state index in [0.717, 1.165) is 5.48 Å². The van der Waals surface area contributed by atoms with Gasteiger partial charge in [0.15, 0.2) is 5.60 Å². The number of benzene rings is 1. The van der Waals surface area contributed by atoms with E-state index in [1.807, 2.05) is 5.32 Å². The maximum absolute atomic E-state index is 12.9. The van der Waals surface area contributed by atoms with Crippen LogP contribution in [0, 0.1) is 12.3 Å². The lowest BCUT2D eigenvalue weighted by molar-refractivity contribution is -0.149. The van der Waals surface area contributed by atoms with Gasteiger partial charge in [-0.25, -0.2) is 14.3 Å². The van der Waals surface area contributed by atoms with E-state index < -0.39 is 29.9 Å². The first-order valence-corrected chi connectivity index (χ1v) is 6.72. The number of hydrogen-bond acceptors (Lipinski definition) is 4. The van der Waals surface area contributed by atoms with Crippen LogP contribution in [0.5, 0.6) is 0 Å². The Kier molecular flexibility index (Phi) is 6.58. The summed E-state index contributed by atoms with van der Waals surface area (Å²) in [5, 5.41) is 20.3. The molecule has 1 rings (SSSR count). The van der Waals surface area contributed by atoms with Gasteiger partial charge in [-0.1, -0.05) is 18.1 Å². The average Bonchev–Trinajstić information content (AvgIpc) is 2.57. The minimum absolute atomic E-state index is 0.0636. The molecule has 8 heteroatoms. The van der Waals surface area contributed by atoms with Crippen molar-refractivity contribution in [3.8, 4) is 12.3 Å². The van der Waals surface area contributed by atoms with E-state index in [4.69, 9.17) is 11.6 Å². The van der Waals surface area contributed by atoms with Crippen LogP contribution in [-0.4, -0.2) is 40.2 Å². The Balaban J connectivity index is 2.98. The summed E-state index contributed by atoms with van der Waals surface area (Å²) < 4.78 is 25.8. The van der Waals surface area contributed by atoms with Crippen molar-refractivity contribution < 1.29 is 28.7 Å². The number of carbonyl (C=O) groups is 2. The van der Waals surface area contributed by atoms with E-state index in [2.05, 4.69) is 5.92 Å². The minimum atomic E-state index is -3.34. The summed E-state index contributed by atoms with van der Waals surface area (Å²) >= 11 is 0. The van der Waals surface area contributed by atoms with E-state index in [1.54, 1.807) is 18.2 Å². The molecule has 0 aromatic heterocycles. The Bertz CT molecular complexity index is 664. The minimum Gasteiger partial charge on any atom is -0.381 e. The summed E-state index contributed by atoms with van der Waals surface area (Å²) in [6.45, 7) is 0.672. The van der Waals surface area contributed by atoms with Crippen LogP contribution in [0.25, 0.3) is 6.08 Å². The first-order chi connectivity index (χ1) is 11.2. The highest BCUT2D eigenvalue weighted by Crippen LogP contribution is 2.20. The highest BCUT2D eigenvalue weighted by Gasteiger charge is 2.46. The fourth-order valence-corrected chi connectivity index (χ4v) is 1.77. The van der Waals surface area contributed by atoms with E-state index in [1.165, 1.54) is 18.2 Å². The quantitative estimate of drug-likeness (QED) is 0.353. The van der Waals surface area contributed by atoms with Gasteiger partial charge in [0.1, 0.15) is 6.04 Å². The second-order valence-corrected chi connectivity index (χ2v) is 5.03. The molecule has 2 amide bonds. The molecule has 0 aliphatic carbocycles. The lowest BCUT2D eigenvalue weighted by Crippen LogP contribution is -2.61. The normalized spacial score (nSPS) is 14.7. The van der Waals surface area contributed by atoms with Crippen molar-refractivity contribution in [2.45, 2.75) is 25.0 Å². The molecular weight excluding hydrogens is 322 g/mol. The summed E-state index contributed by atoms with van der Waals surface area (Å²) in [6.07, 6.45) is 4.81. The molecular formula is C16H16F2N2O4. The van der Waals surface area contributed by atoms with Crippen molar-refractivity contribution in [2.75, 3.05) is 0 Å². The fraction of sp³-hybridized carbons (Fsp3) is 0.250. The summed E-state index contributed by atoms with van der Waals surface area (Å²) in [6, 6.07) is 3.81. The Morgan fingerprint density at radius 3 is 2.38 bits per heavy atom. The van der Waals surface area contributed by atoms with Gasteiger partial charge in [0.2, 0.25) is 0 Å². The largest absolute Gasteiger partial charge is 0.381 e. The van der Waals surface area contributed by atoms with Crippen LogP contribution in [0.2, 0.25) is 0 Å². The number of allylic oxidation sites excluding steroid dienone is 1. The Hall–Kier alpha value is -2.76. The molecule has 0 saturated heterocycles. The molecule has 0 spiro atoms. The standard InChI is InChI=1S/C16H16F2N2O4/c1-3-4-5-10-6-8-11(9-7-10)13(21)19-12(14(22)20-24)16(2,23)15(17)18/h1,4-9,12,15,23-24H,2H3,(H,19,21)(H,20,22)/b5-4+/t12-,16?/m1/s1. The molecule has 0 heterocycles. The number of hydroxylamine groups is 1. The molecule has 1 unspecified atom stereocenters. The Morgan fingerprint density at radius 1 is 1.33 bits per heavy atom. The van der Waals surface area contributed by atoms with Gasteiger partial charge < -0.3 is 10.4 Å². The van der Waals surface area contributed by atoms with Gasteiger partial charge in [-0.2, -0.15) is 0 Å². The van der Waals surface area contributed by atoms with Gasteiger partial charge in [0.25, 0.3) is 18.2 Å². The number of hydrogen-bond donors (Lipinski definition) is 4. The van der Waals surface area contributed by atoms with Gasteiger partial charge in [-0.05, 0) is 36.8 Å². The predicted molar refractivity (Wildman–Crippen MR) is 82.1 cm³/mol. The van der Waals surface area contributed by atoms with Gasteiger partial charge in [0, 0.05) is 5.56 Å². The van der Waals surface area contributed by atoms with Crippen molar-refractivity contribution in [3.63, 3.8) is 0 Å². The number of nitrogens with one attached hydrogen (secondary N) is 2. The van der Waals surface area contributed by atoms with Crippen LogP contribution >= 0.6 is 0 Å². The number of rotatable bonds is 6. The molecule has 1 aromatic carbocycles. The molecule has 24 heavy (non-hydrogen) atoms. The molecule has 128 valence electrons. The molecule has 0 aliphatic heterocycles. The maximum atomic E-state index is 12.9. The SMILES string of the molecule is C#C/C=C/c1ccc(C(=O)N[C@H](C(=O)NO)C(C)(O)C(F)F)cc1. The van der Waals surface area contributed by atoms with Crippen LogP contribution in [0.3, 0.4) is 0 Å². The Morgan fingerprint density at radius 2 is 1.92 bits per heavy atom. The monoisotopic (exact) mass is 338 g/mol. The van der Waals surface area contributed by atoms with Crippen LogP contribution in [-0.2, 0) is 4.79 Å². The second-order valence-electron chi connectivity index (χ2n) is 5.03. The molecule has 1 aromatic rings. The lowest BCUT2D eigenvalue weighted by atomic mass is 9.95. The third-order valence-corrected chi connectivity index (χ3v) is 3.22. The number of halogens is 2. The van der Waals surface area contributed by atoms with Gasteiger partial charge >= 0.3 is 0 Å². The summed E-state index contributed by atoms with van der Waals surface area (Å²) in [5.41, 5.74) is -0.971. The van der Waals surface area contributed by atoms with E-state index in [-0.39, 0.29) is 5.56 Å². The lowest BCUT2D eigenvalue weighted by Gasteiger charge is -2.30. The maximum Gasteiger partial charge on any atom is 0.269 e. The van der Waals surface area contributed by atoms with Crippen molar-refractivity contribution in [3.05, 3.63) is 41.5 Å². The van der Waals surface area contributed by atoms with Crippen LogP contribution < -0.4 is 10.8 Å².